The lowest BCUT2D eigenvalue weighted by Gasteiger charge is -2.32. The van der Waals surface area contributed by atoms with E-state index < -0.39 is 10.0 Å². The Balaban J connectivity index is 1.80. The first-order valence-corrected chi connectivity index (χ1v) is 10.1. The summed E-state index contributed by atoms with van der Waals surface area (Å²) in [5.74, 6) is 0.456. The molecule has 0 aromatic carbocycles. The van der Waals surface area contributed by atoms with Crippen LogP contribution in [-0.2, 0) is 10.0 Å². The lowest BCUT2D eigenvalue weighted by Crippen LogP contribution is -2.46. The summed E-state index contributed by atoms with van der Waals surface area (Å²) in [5, 5.41) is 9.56. The van der Waals surface area contributed by atoms with Crippen LogP contribution in [0.1, 0.15) is 34.5 Å². The van der Waals surface area contributed by atoms with Crippen LogP contribution in [0.2, 0.25) is 0 Å². The van der Waals surface area contributed by atoms with E-state index >= 15 is 0 Å². The zero-order valence-corrected chi connectivity index (χ0v) is 15.4. The van der Waals surface area contributed by atoms with Crippen LogP contribution in [-0.4, -0.2) is 49.2 Å². The minimum atomic E-state index is -3.27. The molecule has 0 radical (unpaired) electrons. The Morgan fingerprint density at radius 1 is 1.31 bits per heavy atom. The van der Waals surface area contributed by atoms with Gasteiger partial charge in [-0.25, -0.2) is 13.1 Å². The van der Waals surface area contributed by atoms with E-state index in [1.165, 1.54) is 0 Å². The number of hydrogen-bond acceptors (Lipinski definition) is 5. The van der Waals surface area contributed by atoms with Crippen LogP contribution in [0.3, 0.4) is 0 Å². The molecule has 8 nitrogen and oxygen atoms in total. The van der Waals surface area contributed by atoms with Gasteiger partial charge in [0.25, 0.3) is 5.91 Å². The number of piperidine rings is 1. The van der Waals surface area contributed by atoms with Gasteiger partial charge in [0.05, 0.1) is 6.26 Å². The molecular formula is C17H20N4O4S. The Kier molecular flexibility index (Phi) is 4.89. The number of rotatable bonds is 4. The molecule has 0 saturated carbocycles. The van der Waals surface area contributed by atoms with Gasteiger partial charge in [-0.1, -0.05) is 0 Å². The number of carbonyl (C=O) groups is 1. The third kappa shape index (κ3) is 3.66. The van der Waals surface area contributed by atoms with Crippen molar-refractivity contribution in [1.82, 2.24) is 14.2 Å². The zero-order chi connectivity index (χ0) is 18.9. The van der Waals surface area contributed by atoms with E-state index in [0.717, 1.165) is 6.26 Å². The predicted octanol–water partition coefficient (Wildman–Crippen LogP) is 1.40. The summed E-state index contributed by atoms with van der Waals surface area (Å²) in [6.45, 7) is 2.50. The van der Waals surface area contributed by atoms with Gasteiger partial charge < -0.3 is 9.32 Å². The molecule has 2 aromatic heterocycles. The number of amides is 1. The van der Waals surface area contributed by atoms with Gasteiger partial charge in [-0.3, -0.25) is 9.36 Å². The quantitative estimate of drug-likeness (QED) is 0.868. The van der Waals surface area contributed by atoms with Crippen LogP contribution in [0.15, 0.2) is 28.9 Å². The molecule has 138 valence electrons. The summed E-state index contributed by atoms with van der Waals surface area (Å²) in [4.78, 5) is 14.6. The van der Waals surface area contributed by atoms with Gasteiger partial charge in [-0.05, 0) is 31.9 Å². The highest BCUT2D eigenvalue weighted by Crippen LogP contribution is 2.27. The van der Waals surface area contributed by atoms with Crippen molar-refractivity contribution in [2.75, 3.05) is 19.3 Å². The third-order valence-electron chi connectivity index (χ3n) is 4.39. The minimum absolute atomic E-state index is 0.176. The molecule has 0 bridgehead atoms. The second-order valence-corrected chi connectivity index (χ2v) is 8.15. The Labute approximate surface area is 152 Å². The number of furan rings is 1. The molecule has 1 N–H and O–H groups in total. The highest BCUT2D eigenvalue weighted by Gasteiger charge is 2.31. The van der Waals surface area contributed by atoms with E-state index in [9.17, 15) is 18.5 Å². The molecule has 0 spiro atoms. The van der Waals surface area contributed by atoms with Gasteiger partial charge >= 0.3 is 0 Å². The predicted molar refractivity (Wildman–Crippen MR) is 94.4 cm³/mol. The first kappa shape index (κ1) is 18.2. The first-order valence-electron chi connectivity index (χ1n) is 8.23. The maximum atomic E-state index is 12.9. The first-order chi connectivity index (χ1) is 12.3. The molecule has 3 heterocycles. The SMILES string of the molecule is Cc1oc(-n2cccc2)c(C#N)c1C(=O)N1CCC(NS(C)(=O)=O)CC1. The molecule has 0 unspecified atom stereocenters. The van der Waals surface area contributed by atoms with Crippen molar-refractivity contribution >= 4 is 15.9 Å². The molecule has 9 heteroatoms. The van der Waals surface area contributed by atoms with Crippen molar-refractivity contribution in [2.45, 2.75) is 25.8 Å². The molecule has 0 atom stereocenters. The number of likely N-dealkylation sites (tertiary alicyclic amines) is 1. The summed E-state index contributed by atoms with van der Waals surface area (Å²) in [6, 6.07) is 5.52. The molecule has 3 rings (SSSR count). The van der Waals surface area contributed by atoms with Crippen molar-refractivity contribution in [1.29, 1.82) is 5.26 Å². The van der Waals surface area contributed by atoms with Gasteiger partial charge in [-0.15, -0.1) is 0 Å². The van der Waals surface area contributed by atoms with Crippen LogP contribution in [0.5, 0.6) is 0 Å². The monoisotopic (exact) mass is 376 g/mol. The summed E-state index contributed by atoms with van der Waals surface area (Å²) >= 11 is 0. The number of nitrogens with one attached hydrogen (secondary N) is 1. The number of nitrogens with zero attached hydrogens (tertiary/aromatic N) is 3. The number of carbonyl (C=O) groups excluding carboxylic acids is 1. The summed E-state index contributed by atoms with van der Waals surface area (Å²) in [6.07, 6.45) is 5.68. The maximum Gasteiger partial charge on any atom is 0.258 e. The van der Waals surface area contributed by atoms with Crippen LogP contribution in [0.4, 0.5) is 0 Å². The highest BCUT2D eigenvalue weighted by molar-refractivity contribution is 7.88. The molecule has 1 aliphatic rings. The number of hydrogen-bond donors (Lipinski definition) is 1. The number of aromatic nitrogens is 1. The fraction of sp³-hybridized carbons (Fsp3) is 0.412. The lowest BCUT2D eigenvalue weighted by molar-refractivity contribution is 0.0709. The van der Waals surface area contributed by atoms with Gasteiger partial charge in [0.15, 0.2) is 0 Å². The summed E-state index contributed by atoms with van der Waals surface area (Å²) < 4.78 is 32.6. The van der Waals surface area contributed by atoms with Crippen LogP contribution in [0, 0.1) is 18.3 Å². The molecular weight excluding hydrogens is 356 g/mol. The fourth-order valence-electron chi connectivity index (χ4n) is 3.20. The standard InChI is InChI=1S/C17H20N4O4S/c1-12-15(14(11-18)17(25-12)21-7-3-4-8-21)16(22)20-9-5-13(6-10-20)19-26(2,23)24/h3-4,7-8,13,19H,5-6,9-10H2,1-2H3. The van der Waals surface area contributed by atoms with Gasteiger partial charge in [0.1, 0.15) is 23.0 Å². The Morgan fingerprint density at radius 3 is 2.46 bits per heavy atom. The maximum absolute atomic E-state index is 12.9. The summed E-state index contributed by atoms with van der Waals surface area (Å²) in [5.41, 5.74) is 0.478. The van der Waals surface area contributed by atoms with Crippen LogP contribution >= 0.6 is 0 Å². The van der Waals surface area contributed by atoms with E-state index in [4.69, 9.17) is 4.42 Å². The Hall–Kier alpha value is -2.57. The average Bonchev–Trinajstić information content (AvgIpc) is 3.20. The summed E-state index contributed by atoms with van der Waals surface area (Å²) in [7, 11) is -3.27. The largest absolute Gasteiger partial charge is 0.443 e. The Bertz CT molecular complexity index is 946. The molecule has 1 fully saturated rings. The smallest absolute Gasteiger partial charge is 0.258 e. The molecule has 1 amide bonds. The molecule has 26 heavy (non-hydrogen) atoms. The van der Waals surface area contributed by atoms with Crippen molar-refractivity contribution in [3.8, 4) is 12.0 Å². The number of sulfonamides is 1. The fourth-order valence-corrected chi connectivity index (χ4v) is 4.05. The van der Waals surface area contributed by atoms with E-state index in [1.807, 2.05) is 0 Å². The van der Waals surface area contributed by atoms with Crippen molar-refractivity contribution < 1.29 is 17.6 Å². The topological polar surface area (TPSA) is 108 Å². The third-order valence-corrected chi connectivity index (χ3v) is 5.15. The molecule has 1 saturated heterocycles. The van der Waals surface area contributed by atoms with E-state index in [2.05, 4.69) is 10.8 Å². The normalized spacial score (nSPS) is 15.8. The number of aryl methyl sites for hydroxylation is 1. The minimum Gasteiger partial charge on any atom is -0.443 e. The zero-order valence-electron chi connectivity index (χ0n) is 14.6. The Morgan fingerprint density at radius 2 is 1.92 bits per heavy atom. The average molecular weight is 376 g/mol. The molecule has 1 aliphatic heterocycles. The highest BCUT2D eigenvalue weighted by atomic mass is 32.2. The second kappa shape index (κ2) is 6.97. The van der Waals surface area contributed by atoms with E-state index in [1.54, 1.807) is 40.9 Å². The van der Waals surface area contributed by atoms with Crippen LogP contribution < -0.4 is 4.72 Å². The van der Waals surface area contributed by atoms with Crippen LogP contribution in [0.25, 0.3) is 5.88 Å². The van der Waals surface area contributed by atoms with Crippen molar-refractivity contribution in [2.24, 2.45) is 0 Å². The molecule has 0 aliphatic carbocycles. The van der Waals surface area contributed by atoms with Crippen molar-refractivity contribution in [3.05, 3.63) is 41.4 Å². The number of nitriles is 1. The lowest BCUT2D eigenvalue weighted by atomic mass is 10.0. The van der Waals surface area contributed by atoms with Crippen molar-refractivity contribution in [3.63, 3.8) is 0 Å². The van der Waals surface area contributed by atoms with Gasteiger partial charge in [0.2, 0.25) is 15.9 Å². The van der Waals surface area contributed by atoms with Gasteiger partial charge in [-0.2, -0.15) is 5.26 Å². The van der Waals surface area contributed by atoms with Gasteiger partial charge in [0, 0.05) is 31.5 Å². The molecule has 2 aromatic rings. The van der Waals surface area contributed by atoms with E-state index in [0.29, 0.717) is 37.6 Å². The second-order valence-electron chi connectivity index (χ2n) is 6.37. The van der Waals surface area contributed by atoms with E-state index in [-0.39, 0.29) is 23.1 Å².